The molecule has 0 bridgehead atoms. The first-order chi connectivity index (χ1) is 12.3. The maximum absolute atomic E-state index is 10.7. The van der Waals surface area contributed by atoms with Crippen LogP contribution in [0.5, 0.6) is 0 Å². The van der Waals surface area contributed by atoms with Crippen LogP contribution in [0.15, 0.2) is 0 Å². The molecule has 0 fully saturated rings. The van der Waals surface area contributed by atoms with Crippen LogP contribution in [-0.2, 0) is 29.8 Å². The molecule has 0 aromatic carbocycles. The second-order valence-corrected chi connectivity index (χ2v) is 6.79. The van der Waals surface area contributed by atoms with E-state index < -0.39 is 57.3 Å². The molecule has 13 nitrogen and oxygen atoms in total. The quantitative estimate of drug-likeness (QED) is 0.201. The molecule has 0 spiro atoms. The predicted molar refractivity (Wildman–Crippen MR) is 92.3 cm³/mol. The molecule has 8 N–H and O–H groups in total. The van der Waals surface area contributed by atoms with Crippen LogP contribution in [0.2, 0.25) is 0 Å². The van der Waals surface area contributed by atoms with Crippen molar-refractivity contribution in [3.05, 3.63) is 0 Å². The molecule has 0 atom stereocenters. The summed E-state index contributed by atoms with van der Waals surface area (Å²) in [5, 5.41) is 3.98. The van der Waals surface area contributed by atoms with Gasteiger partial charge in [0.05, 0.1) is 20.2 Å². The number of nitrogens with one attached hydrogen (secondary N) is 2. The Kier molecular flexibility index (Phi) is 19.5. The van der Waals surface area contributed by atoms with Crippen molar-refractivity contribution in [3.8, 4) is 0 Å². The number of hydrogen-bond acceptors (Lipinski definition) is 8. The average molecular weight is 461 g/mol. The summed E-state index contributed by atoms with van der Waals surface area (Å²) in [5.41, 5.74) is 0. The van der Waals surface area contributed by atoms with E-state index in [0.29, 0.717) is 0 Å². The molecule has 0 aliphatic heterocycles. The maximum Gasteiger partial charge on any atom is 2.00 e. The standard InChI is InChI=1S/2C5H11NO4S.Ca.3H2O/c2*1-5(7)6-3-2-4-11(8,9)10;;;;/h2*2-4H2,1H3,(H,6,7)(H,8,9,10);;3*1H2/q;;+2;;;/p-2/i2*1D3;;;;. The largest absolute Gasteiger partial charge is 2.00 e. The SMILES string of the molecule is O.O.O.[2H]C([2H])([2H])C(=O)NCCCS(=O)(=O)[O-].[2H]C([2H])([2H])C(=O)NCCCS(=O)(=O)[O-].[Ca+2]. The molecule has 26 heavy (non-hydrogen) atoms. The van der Waals surface area contributed by atoms with Gasteiger partial charge in [-0.25, -0.2) is 16.8 Å². The first kappa shape index (κ1) is 23.9. The number of amides is 2. The van der Waals surface area contributed by atoms with Crippen LogP contribution in [0.25, 0.3) is 0 Å². The number of hydrogen-bond donors (Lipinski definition) is 2. The molecule has 2 amide bonds. The van der Waals surface area contributed by atoms with E-state index in [1.54, 1.807) is 0 Å². The van der Waals surface area contributed by atoms with Gasteiger partial charge in [-0.05, 0) is 12.8 Å². The third-order valence-electron chi connectivity index (χ3n) is 1.71. The summed E-state index contributed by atoms with van der Waals surface area (Å²) in [5.74, 6) is -3.54. The summed E-state index contributed by atoms with van der Waals surface area (Å²) in [7, 11) is -8.60. The van der Waals surface area contributed by atoms with E-state index in [9.17, 15) is 35.5 Å². The van der Waals surface area contributed by atoms with Crippen molar-refractivity contribution in [2.45, 2.75) is 26.5 Å². The van der Waals surface area contributed by atoms with Gasteiger partial charge >= 0.3 is 37.7 Å². The molecular formula is C10H26CaN2O11S2. The normalized spacial score (nSPS) is 13.8. The van der Waals surface area contributed by atoms with Crippen LogP contribution in [0.4, 0.5) is 0 Å². The molecule has 0 aliphatic rings. The summed E-state index contributed by atoms with van der Waals surface area (Å²) in [4.78, 5) is 21.4. The summed E-state index contributed by atoms with van der Waals surface area (Å²) in [6.07, 6.45) is -0.179. The maximum atomic E-state index is 10.7. The van der Waals surface area contributed by atoms with Crippen LogP contribution < -0.4 is 10.6 Å². The van der Waals surface area contributed by atoms with Gasteiger partial charge in [0.15, 0.2) is 0 Å². The van der Waals surface area contributed by atoms with Crippen LogP contribution >= 0.6 is 0 Å². The molecule has 0 heterocycles. The van der Waals surface area contributed by atoms with Crippen molar-refractivity contribution in [1.82, 2.24) is 10.6 Å². The van der Waals surface area contributed by atoms with Crippen molar-refractivity contribution >= 4 is 69.8 Å². The van der Waals surface area contributed by atoms with Crippen molar-refractivity contribution in [1.29, 1.82) is 0 Å². The van der Waals surface area contributed by atoms with E-state index >= 15 is 0 Å². The minimum Gasteiger partial charge on any atom is -0.748 e. The van der Waals surface area contributed by atoms with E-state index in [2.05, 4.69) is 0 Å². The zero-order chi connectivity index (χ0) is 22.8. The summed E-state index contributed by atoms with van der Waals surface area (Å²) < 4.78 is 100. The molecule has 0 saturated carbocycles. The van der Waals surface area contributed by atoms with Crippen LogP contribution in [0.1, 0.15) is 34.8 Å². The molecule has 0 radical (unpaired) electrons. The minimum atomic E-state index is -4.30. The molecule has 16 heteroatoms. The van der Waals surface area contributed by atoms with Gasteiger partial charge in [0, 0.05) is 46.5 Å². The van der Waals surface area contributed by atoms with Gasteiger partial charge in [-0.15, -0.1) is 0 Å². The second-order valence-electron chi connectivity index (χ2n) is 3.74. The first-order valence-corrected chi connectivity index (χ1v) is 8.85. The molecule has 0 aliphatic carbocycles. The second kappa shape index (κ2) is 21.2. The Labute approximate surface area is 191 Å². The van der Waals surface area contributed by atoms with Crippen LogP contribution in [-0.4, -0.2) is 117 Å². The fourth-order valence-electron chi connectivity index (χ4n) is 0.902. The van der Waals surface area contributed by atoms with Gasteiger partial charge in [-0.1, -0.05) is 0 Å². The number of carbonyl (C=O) groups is 2. The molecule has 0 rings (SSSR count). The number of rotatable bonds is 8. The van der Waals surface area contributed by atoms with Gasteiger partial charge in [-0.2, -0.15) is 0 Å². The topological polar surface area (TPSA) is 267 Å². The van der Waals surface area contributed by atoms with E-state index in [-0.39, 0.29) is 80.1 Å². The zero-order valence-corrected chi connectivity index (χ0v) is 17.4. The van der Waals surface area contributed by atoms with Crippen LogP contribution in [0, 0.1) is 0 Å². The average Bonchev–Trinajstić information content (AvgIpc) is 2.44. The van der Waals surface area contributed by atoms with E-state index in [1.165, 1.54) is 0 Å². The van der Waals surface area contributed by atoms with Crippen molar-refractivity contribution in [2.75, 3.05) is 24.6 Å². The van der Waals surface area contributed by atoms with E-state index in [4.69, 9.17) is 8.22 Å². The molecule has 0 aromatic heterocycles. The van der Waals surface area contributed by atoms with Crippen molar-refractivity contribution in [3.63, 3.8) is 0 Å². The number of carbonyl (C=O) groups excluding carboxylic acids is 2. The Morgan fingerprint density at radius 3 is 1.27 bits per heavy atom. The Morgan fingerprint density at radius 1 is 0.808 bits per heavy atom. The Hall–Kier alpha value is -0.100. The van der Waals surface area contributed by atoms with Gasteiger partial charge in [0.25, 0.3) is 0 Å². The van der Waals surface area contributed by atoms with Gasteiger partial charge in [0.2, 0.25) is 11.8 Å². The smallest absolute Gasteiger partial charge is 0.748 e. The van der Waals surface area contributed by atoms with Crippen molar-refractivity contribution in [2.24, 2.45) is 0 Å². The monoisotopic (exact) mass is 460 g/mol. The summed E-state index contributed by atoms with van der Waals surface area (Å²) >= 11 is 0. The fourth-order valence-corrected chi connectivity index (χ4v) is 1.90. The third-order valence-corrected chi connectivity index (χ3v) is 3.29. The molecule has 156 valence electrons. The van der Waals surface area contributed by atoms with Crippen LogP contribution in [0.3, 0.4) is 0 Å². The third kappa shape index (κ3) is 49.6. The molecular weight excluding hydrogens is 428 g/mol. The fraction of sp³-hybridized carbons (Fsp3) is 0.800. The Bertz CT molecular complexity index is 667. The minimum absolute atomic E-state index is 0. The van der Waals surface area contributed by atoms with E-state index in [1.807, 2.05) is 10.6 Å². The molecule has 0 unspecified atom stereocenters. The van der Waals surface area contributed by atoms with Gasteiger partial charge in [-0.3, -0.25) is 9.59 Å². The molecule has 0 saturated heterocycles. The summed E-state index contributed by atoms with van der Waals surface area (Å²) in [6.45, 7) is -5.76. The first-order valence-electron chi connectivity index (χ1n) is 8.69. The summed E-state index contributed by atoms with van der Waals surface area (Å²) in [6, 6.07) is 0. The van der Waals surface area contributed by atoms with Gasteiger partial charge in [0.1, 0.15) is 0 Å². The molecule has 0 aromatic rings. The predicted octanol–water partition coefficient (Wildman–Crippen LogP) is -4.74. The van der Waals surface area contributed by atoms with Gasteiger partial charge < -0.3 is 36.2 Å². The van der Waals surface area contributed by atoms with Crippen molar-refractivity contribution < 1.29 is 60.2 Å². The Balaban J connectivity index is -0.0000000939. The zero-order valence-electron chi connectivity index (χ0n) is 19.5. The Morgan fingerprint density at radius 2 is 1.08 bits per heavy atom. The van der Waals surface area contributed by atoms with E-state index in [0.717, 1.165) is 0 Å².